The molecule has 0 atom stereocenters. The van der Waals surface area contributed by atoms with Crippen LogP contribution in [0.4, 0.5) is 10.1 Å². The molecule has 2 aromatic rings. The predicted octanol–water partition coefficient (Wildman–Crippen LogP) is 3.72. The summed E-state index contributed by atoms with van der Waals surface area (Å²) in [6.07, 6.45) is 0. The lowest BCUT2D eigenvalue weighted by Crippen LogP contribution is -2.14. The van der Waals surface area contributed by atoms with Crippen molar-refractivity contribution >= 4 is 23.4 Å². The first kappa shape index (κ1) is 18.9. The molecule has 0 saturated heterocycles. The van der Waals surface area contributed by atoms with Crippen LogP contribution in [0.3, 0.4) is 0 Å². The van der Waals surface area contributed by atoms with Gasteiger partial charge in [0.05, 0.1) is 27.1 Å². The summed E-state index contributed by atoms with van der Waals surface area (Å²) in [7, 11) is 4.55. The van der Waals surface area contributed by atoms with Crippen LogP contribution in [0, 0.1) is 5.82 Å². The van der Waals surface area contributed by atoms with E-state index in [9.17, 15) is 9.18 Å². The minimum Gasteiger partial charge on any atom is -0.493 e. The van der Waals surface area contributed by atoms with Gasteiger partial charge in [0.15, 0.2) is 11.5 Å². The lowest BCUT2D eigenvalue weighted by Gasteiger charge is -2.14. The third-order valence-electron chi connectivity index (χ3n) is 3.36. The van der Waals surface area contributed by atoms with Crippen molar-refractivity contribution in [3.63, 3.8) is 0 Å². The molecule has 7 heteroatoms. The molecule has 0 unspecified atom stereocenters. The molecule has 2 aromatic carbocycles. The zero-order valence-corrected chi connectivity index (χ0v) is 15.1. The van der Waals surface area contributed by atoms with E-state index in [1.165, 1.54) is 45.2 Å². The molecular weight excluding hydrogens is 345 g/mol. The van der Waals surface area contributed by atoms with Crippen molar-refractivity contribution in [1.29, 1.82) is 0 Å². The molecular formula is C18H20FNO4S. The molecule has 0 aromatic heterocycles. The lowest BCUT2D eigenvalue weighted by atomic mass is 10.2. The van der Waals surface area contributed by atoms with Gasteiger partial charge in [0, 0.05) is 23.6 Å². The Kier molecular flexibility index (Phi) is 6.94. The van der Waals surface area contributed by atoms with E-state index in [-0.39, 0.29) is 17.5 Å². The second kappa shape index (κ2) is 9.17. The van der Waals surface area contributed by atoms with Crippen molar-refractivity contribution < 1.29 is 23.4 Å². The van der Waals surface area contributed by atoms with E-state index in [1.54, 1.807) is 24.3 Å². The van der Waals surface area contributed by atoms with Gasteiger partial charge in [-0.3, -0.25) is 4.79 Å². The predicted molar refractivity (Wildman–Crippen MR) is 97.3 cm³/mol. The third-order valence-corrected chi connectivity index (χ3v) is 4.37. The Morgan fingerprint density at radius 1 is 1.04 bits per heavy atom. The van der Waals surface area contributed by atoms with Crippen molar-refractivity contribution in [2.75, 3.05) is 32.4 Å². The molecule has 0 aliphatic carbocycles. The second-order valence-corrected chi connectivity index (χ2v) is 6.07. The maximum Gasteiger partial charge on any atom is 0.234 e. The van der Waals surface area contributed by atoms with Crippen LogP contribution in [-0.2, 0) is 10.5 Å². The quantitative estimate of drug-likeness (QED) is 0.773. The molecule has 25 heavy (non-hydrogen) atoms. The number of hydrogen-bond acceptors (Lipinski definition) is 5. The standard InChI is InChI=1S/C18H20FNO4S/c1-22-15-8-14(9-16(23-2)18(15)24-3)20-17(21)11-25-10-12-4-6-13(19)7-5-12/h4-9H,10-11H2,1-3H3,(H,20,21). The average Bonchev–Trinajstić information content (AvgIpc) is 2.62. The molecule has 134 valence electrons. The van der Waals surface area contributed by atoms with Gasteiger partial charge in [-0.1, -0.05) is 12.1 Å². The maximum atomic E-state index is 12.9. The molecule has 0 saturated carbocycles. The number of halogens is 1. The van der Waals surface area contributed by atoms with Crippen LogP contribution >= 0.6 is 11.8 Å². The molecule has 2 rings (SSSR count). The van der Waals surface area contributed by atoms with Gasteiger partial charge in [-0.15, -0.1) is 11.8 Å². The van der Waals surface area contributed by atoms with Crippen LogP contribution < -0.4 is 19.5 Å². The van der Waals surface area contributed by atoms with Crippen molar-refractivity contribution in [2.45, 2.75) is 5.75 Å². The molecule has 0 spiro atoms. The Labute approximate surface area is 150 Å². The van der Waals surface area contributed by atoms with E-state index in [0.29, 0.717) is 28.7 Å². The highest BCUT2D eigenvalue weighted by Gasteiger charge is 2.14. The smallest absolute Gasteiger partial charge is 0.234 e. The molecule has 0 bridgehead atoms. The summed E-state index contributed by atoms with van der Waals surface area (Å²) in [5.41, 5.74) is 1.52. The Balaban J connectivity index is 1.94. The molecule has 0 radical (unpaired) electrons. The van der Waals surface area contributed by atoms with Crippen LogP contribution in [-0.4, -0.2) is 33.0 Å². The SMILES string of the molecule is COc1cc(NC(=O)CSCc2ccc(F)cc2)cc(OC)c1OC. The van der Waals surface area contributed by atoms with Gasteiger partial charge in [0.2, 0.25) is 11.7 Å². The maximum absolute atomic E-state index is 12.9. The van der Waals surface area contributed by atoms with E-state index in [2.05, 4.69) is 5.32 Å². The van der Waals surface area contributed by atoms with Crippen molar-refractivity contribution in [3.8, 4) is 17.2 Å². The van der Waals surface area contributed by atoms with Gasteiger partial charge >= 0.3 is 0 Å². The van der Waals surface area contributed by atoms with Gasteiger partial charge in [-0.05, 0) is 17.7 Å². The minimum atomic E-state index is -0.270. The Hall–Kier alpha value is -2.41. The summed E-state index contributed by atoms with van der Waals surface area (Å²) in [5, 5.41) is 2.80. The van der Waals surface area contributed by atoms with Crippen LogP contribution in [0.1, 0.15) is 5.56 Å². The number of benzene rings is 2. The number of methoxy groups -OCH3 is 3. The van der Waals surface area contributed by atoms with E-state index < -0.39 is 0 Å². The highest BCUT2D eigenvalue weighted by Crippen LogP contribution is 2.39. The summed E-state index contributed by atoms with van der Waals surface area (Å²) in [6.45, 7) is 0. The van der Waals surface area contributed by atoms with Crippen LogP contribution in [0.25, 0.3) is 0 Å². The monoisotopic (exact) mass is 365 g/mol. The Morgan fingerprint density at radius 2 is 1.64 bits per heavy atom. The zero-order chi connectivity index (χ0) is 18.2. The number of carbonyl (C=O) groups is 1. The summed E-state index contributed by atoms with van der Waals surface area (Å²) in [5.74, 6) is 1.88. The number of anilines is 1. The molecule has 0 aliphatic rings. The summed E-state index contributed by atoms with van der Waals surface area (Å²) >= 11 is 1.45. The van der Waals surface area contributed by atoms with Gasteiger partial charge in [0.25, 0.3) is 0 Å². The van der Waals surface area contributed by atoms with Gasteiger partial charge < -0.3 is 19.5 Å². The zero-order valence-electron chi connectivity index (χ0n) is 14.3. The number of carbonyl (C=O) groups excluding carboxylic acids is 1. The highest BCUT2D eigenvalue weighted by molar-refractivity contribution is 7.99. The van der Waals surface area contributed by atoms with Crippen LogP contribution in [0.5, 0.6) is 17.2 Å². The molecule has 1 amide bonds. The number of ether oxygens (including phenoxy) is 3. The first-order valence-electron chi connectivity index (χ1n) is 7.49. The Morgan fingerprint density at radius 3 is 2.16 bits per heavy atom. The van der Waals surface area contributed by atoms with Crippen molar-refractivity contribution in [1.82, 2.24) is 0 Å². The molecule has 0 aliphatic heterocycles. The fourth-order valence-electron chi connectivity index (χ4n) is 2.19. The van der Waals surface area contributed by atoms with E-state index in [4.69, 9.17) is 14.2 Å². The molecule has 1 N–H and O–H groups in total. The summed E-state index contributed by atoms with van der Waals surface area (Å²) in [4.78, 5) is 12.1. The number of thioether (sulfide) groups is 1. The highest BCUT2D eigenvalue weighted by atomic mass is 32.2. The lowest BCUT2D eigenvalue weighted by molar-refractivity contribution is -0.113. The minimum absolute atomic E-state index is 0.151. The fraction of sp³-hybridized carbons (Fsp3) is 0.278. The van der Waals surface area contributed by atoms with E-state index >= 15 is 0 Å². The fourth-order valence-corrected chi connectivity index (χ4v) is 2.98. The van der Waals surface area contributed by atoms with Crippen molar-refractivity contribution in [2.24, 2.45) is 0 Å². The van der Waals surface area contributed by atoms with Gasteiger partial charge in [-0.2, -0.15) is 0 Å². The van der Waals surface area contributed by atoms with E-state index in [1.807, 2.05) is 0 Å². The van der Waals surface area contributed by atoms with Crippen molar-refractivity contribution in [3.05, 3.63) is 47.8 Å². The third kappa shape index (κ3) is 5.29. The summed E-state index contributed by atoms with van der Waals surface area (Å²) < 4.78 is 28.6. The van der Waals surface area contributed by atoms with Crippen LogP contribution in [0.2, 0.25) is 0 Å². The van der Waals surface area contributed by atoms with Gasteiger partial charge in [0.1, 0.15) is 5.82 Å². The normalized spacial score (nSPS) is 10.2. The first-order valence-corrected chi connectivity index (χ1v) is 8.65. The first-order chi connectivity index (χ1) is 12.1. The van der Waals surface area contributed by atoms with Gasteiger partial charge in [-0.25, -0.2) is 4.39 Å². The second-order valence-electron chi connectivity index (χ2n) is 5.08. The number of amides is 1. The number of rotatable bonds is 8. The van der Waals surface area contributed by atoms with E-state index in [0.717, 1.165) is 5.56 Å². The topological polar surface area (TPSA) is 56.8 Å². The molecule has 0 fully saturated rings. The van der Waals surface area contributed by atoms with Crippen LogP contribution in [0.15, 0.2) is 36.4 Å². The molecule has 0 heterocycles. The summed E-state index contributed by atoms with van der Waals surface area (Å²) in [6, 6.07) is 9.57. The Bertz CT molecular complexity index is 697. The average molecular weight is 365 g/mol. The largest absolute Gasteiger partial charge is 0.493 e. The number of nitrogens with one attached hydrogen (secondary N) is 1. The molecule has 5 nitrogen and oxygen atoms in total. The number of hydrogen-bond donors (Lipinski definition) is 1.